The highest BCUT2D eigenvalue weighted by Crippen LogP contribution is 2.20. The van der Waals surface area contributed by atoms with Crippen LogP contribution in [-0.4, -0.2) is 64.1 Å². The number of carboxylic acids is 1. The molecule has 0 radical (unpaired) electrons. The number of urea groups is 1. The van der Waals surface area contributed by atoms with Crippen LogP contribution in [0.25, 0.3) is 0 Å². The molecule has 0 aromatic heterocycles. The van der Waals surface area contributed by atoms with Gasteiger partial charge in [-0.15, -0.1) is 0 Å². The van der Waals surface area contributed by atoms with Crippen LogP contribution in [0.5, 0.6) is 0 Å². The summed E-state index contributed by atoms with van der Waals surface area (Å²) in [5.74, 6) is 0.711. The number of aliphatic carboxylic acids is 1. The van der Waals surface area contributed by atoms with Crippen molar-refractivity contribution >= 4 is 23.8 Å². The Bertz CT molecular complexity index is 360. The van der Waals surface area contributed by atoms with Crippen LogP contribution in [0.3, 0.4) is 0 Å². The SMILES string of the molecule is C=C(C)CN(CC)C(=O)N1CCSCC1CC(=O)O. The van der Waals surface area contributed by atoms with Crippen molar-refractivity contribution < 1.29 is 14.7 Å². The van der Waals surface area contributed by atoms with Crippen LogP contribution >= 0.6 is 11.8 Å². The summed E-state index contributed by atoms with van der Waals surface area (Å²) < 4.78 is 0. The number of carboxylic acid groups (broad SMARTS) is 1. The van der Waals surface area contributed by atoms with E-state index in [0.29, 0.717) is 25.4 Å². The Morgan fingerprint density at radius 2 is 2.21 bits per heavy atom. The minimum Gasteiger partial charge on any atom is -0.481 e. The summed E-state index contributed by atoms with van der Waals surface area (Å²) in [5, 5.41) is 8.93. The second-order valence-corrected chi connectivity index (χ2v) is 5.92. The van der Waals surface area contributed by atoms with Crippen LogP contribution in [0.2, 0.25) is 0 Å². The lowest BCUT2D eigenvalue weighted by atomic mass is 10.2. The number of carbonyl (C=O) groups is 2. The summed E-state index contributed by atoms with van der Waals surface area (Å²) in [5.41, 5.74) is 0.927. The fourth-order valence-corrected chi connectivity index (χ4v) is 3.16. The molecule has 1 aliphatic heterocycles. The summed E-state index contributed by atoms with van der Waals surface area (Å²) in [4.78, 5) is 26.8. The molecule has 1 heterocycles. The van der Waals surface area contributed by atoms with Gasteiger partial charge in [0.2, 0.25) is 0 Å². The molecule has 6 heteroatoms. The first-order valence-electron chi connectivity index (χ1n) is 6.45. The van der Waals surface area contributed by atoms with E-state index in [1.54, 1.807) is 21.6 Å². The van der Waals surface area contributed by atoms with E-state index in [2.05, 4.69) is 6.58 Å². The predicted molar refractivity (Wildman–Crippen MR) is 77.5 cm³/mol. The number of likely N-dealkylation sites (N-methyl/N-ethyl adjacent to an activating group) is 1. The Morgan fingerprint density at radius 1 is 1.53 bits per heavy atom. The van der Waals surface area contributed by atoms with Gasteiger partial charge >= 0.3 is 12.0 Å². The number of thioether (sulfide) groups is 1. The molecule has 0 aliphatic carbocycles. The lowest BCUT2D eigenvalue weighted by Crippen LogP contribution is -2.52. The fraction of sp³-hybridized carbons (Fsp3) is 0.692. The van der Waals surface area contributed by atoms with E-state index in [-0.39, 0.29) is 18.5 Å². The van der Waals surface area contributed by atoms with Crippen LogP contribution in [0, 0.1) is 0 Å². The molecule has 1 aliphatic rings. The van der Waals surface area contributed by atoms with Gasteiger partial charge in [-0.05, 0) is 13.8 Å². The molecule has 0 bridgehead atoms. The molecule has 1 rings (SSSR count). The number of hydrogen-bond donors (Lipinski definition) is 1. The number of rotatable bonds is 5. The van der Waals surface area contributed by atoms with Crippen LogP contribution < -0.4 is 0 Å². The standard InChI is InChI=1S/C13H22N2O3S/c1-4-14(8-10(2)3)13(18)15-5-6-19-9-11(15)7-12(16)17/h11H,2,4-9H2,1,3H3,(H,16,17). The minimum absolute atomic E-state index is 0.0172. The summed E-state index contributed by atoms with van der Waals surface area (Å²) in [7, 11) is 0. The van der Waals surface area contributed by atoms with Gasteiger partial charge in [0.25, 0.3) is 0 Å². The van der Waals surface area contributed by atoms with E-state index in [4.69, 9.17) is 5.11 Å². The van der Waals surface area contributed by atoms with Crippen molar-refractivity contribution in [1.82, 2.24) is 9.80 Å². The van der Waals surface area contributed by atoms with Gasteiger partial charge in [-0.2, -0.15) is 11.8 Å². The highest BCUT2D eigenvalue weighted by molar-refractivity contribution is 7.99. The van der Waals surface area contributed by atoms with E-state index in [1.165, 1.54) is 0 Å². The quantitative estimate of drug-likeness (QED) is 0.784. The molecule has 1 atom stereocenters. The Morgan fingerprint density at radius 3 is 2.74 bits per heavy atom. The maximum absolute atomic E-state index is 12.5. The maximum atomic E-state index is 12.5. The van der Waals surface area contributed by atoms with Gasteiger partial charge in [-0.25, -0.2) is 4.79 Å². The molecule has 1 N–H and O–H groups in total. The Kier molecular flexibility index (Phi) is 6.21. The monoisotopic (exact) mass is 286 g/mol. The molecule has 108 valence electrons. The normalized spacial score (nSPS) is 19.1. The van der Waals surface area contributed by atoms with Gasteiger partial charge in [0.15, 0.2) is 0 Å². The minimum atomic E-state index is -0.853. The maximum Gasteiger partial charge on any atom is 0.320 e. The number of amides is 2. The summed E-state index contributed by atoms with van der Waals surface area (Å²) in [6, 6.07) is -0.278. The van der Waals surface area contributed by atoms with Gasteiger partial charge in [-0.1, -0.05) is 12.2 Å². The fourth-order valence-electron chi connectivity index (χ4n) is 2.10. The summed E-state index contributed by atoms with van der Waals surface area (Å²) >= 11 is 1.71. The van der Waals surface area contributed by atoms with Crippen molar-refractivity contribution in [1.29, 1.82) is 0 Å². The Labute approximate surface area is 118 Å². The third-order valence-corrected chi connectivity index (χ3v) is 4.09. The van der Waals surface area contributed by atoms with Crippen molar-refractivity contribution in [3.05, 3.63) is 12.2 Å². The molecule has 1 fully saturated rings. The van der Waals surface area contributed by atoms with Crippen molar-refractivity contribution in [3.8, 4) is 0 Å². The van der Waals surface area contributed by atoms with Crippen LogP contribution in [0.15, 0.2) is 12.2 Å². The predicted octanol–water partition coefficient (Wildman–Crippen LogP) is 1.90. The van der Waals surface area contributed by atoms with E-state index >= 15 is 0 Å². The van der Waals surface area contributed by atoms with Crippen molar-refractivity contribution in [2.75, 3.05) is 31.1 Å². The molecule has 0 aromatic carbocycles. The molecule has 2 amide bonds. The second-order valence-electron chi connectivity index (χ2n) is 4.77. The zero-order chi connectivity index (χ0) is 14.4. The second kappa shape index (κ2) is 7.43. The van der Waals surface area contributed by atoms with Gasteiger partial charge in [-0.3, -0.25) is 4.79 Å². The molecule has 5 nitrogen and oxygen atoms in total. The topological polar surface area (TPSA) is 60.9 Å². The third kappa shape index (κ3) is 4.78. The number of carbonyl (C=O) groups excluding carboxylic acids is 1. The first-order valence-corrected chi connectivity index (χ1v) is 7.60. The van der Waals surface area contributed by atoms with Gasteiger partial charge < -0.3 is 14.9 Å². The highest BCUT2D eigenvalue weighted by Gasteiger charge is 2.31. The number of hydrogen-bond acceptors (Lipinski definition) is 3. The molecule has 0 saturated carbocycles. The molecule has 0 spiro atoms. The molecular weight excluding hydrogens is 264 g/mol. The van der Waals surface area contributed by atoms with Crippen LogP contribution in [0.1, 0.15) is 20.3 Å². The largest absolute Gasteiger partial charge is 0.481 e. The number of nitrogens with zero attached hydrogens (tertiary/aromatic N) is 2. The smallest absolute Gasteiger partial charge is 0.320 e. The van der Waals surface area contributed by atoms with E-state index in [0.717, 1.165) is 11.3 Å². The lowest BCUT2D eigenvalue weighted by molar-refractivity contribution is -0.138. The zero-order valence-electron chi connectivity index (χ0n) is 11.6. The summed E-state index contributed by atoms with van der Waals surface area (Å²) in [6.07, 6.45) is 0.0172. The van der Waals surface area contributed by atoms with E-state index in [9.17, 15) is 9.59 Å². The molecule has 1 unspecified atom stereocenters. The van der Waals surface area contributed by atoms with E-state index in [1.807, 2.05) is 13.8 Å². The van der Waals surface area contributed by atoms with Crippen molar-refractivity contribution in [2.45, 2.75) is 26.3 Å². The Hall–Kier alpha value is -1.17. The molecule has 0 aromatic rings. The van der Waals surface area contributed by atoms with Gasteiger partial charge in [0.1, 0.15) is 0 Å². The van der Waals surface area contributed by atoms with Crippen molar-refractivity contribution in [2.24, 2.45) is 0 Å². The third-order valence-electron chi connectivity index (χ3n) is 3.00. The van der Waals surface area contributed by atoms with Gasteiger partial charge in [0.05, 0.1) is 12.5 Å². The van der Waals surface area contributed by atoms with E-state index < -0.39 is 5.97 Å². The lowest BCUT2D eigenvalue weighted by Gasteiger charge is -2.38. The van der Waals surface area contributed by atoms with Crippen LogP contribution in [-0.2, 0) is 4.79 Å². The van der Waals surface area contributed by atoms with Crippen LogP contribution in [0.4, 0.5) is 4.79 Å². The molecular formula is C13H22N2O3S. The average molecular weight is 286 g/mol. The molecule has 1 saturated heterocycles. The first-order chi connectivity index (χ1) is 8.95. The zero-order valence-corrected chi connectivity index (χ0v) is 12.4. The average Bonchev–Trinajstić information content (AvgIpc) is 2.35. The van der Waals surface area contributed by atoms with Gasteiger partial charge in [0, 0.05) is 31.1 Å². The Balaban J connectivity index is 2.74. The first kappa shape index (κ1) is 15.9. The molecule has 19 heavy (non-hydrogen) atoms. The highest BCUT2D eigenvalue weighted by atomic mass is 32.2. The summed E-state index contributed by atoms with van der Waals surface area (Å²) in [6.45, 7) is 9.39. The van der Waals surface area contributed by atoms with Crippen molar-refractivity contribution in [3.63, 3.8) is 0 Å².